The van der Waals surface area contributed by atoms with E-state index >= 15 is 0 Å². The lowest BCUT2D eigenvalue weighted by molar-refractivity contribution is 0.186. The van der Waals surface area contributed by atoms with Gasteiger partial charge in [-0.3, -0.25) is 4.99 Å². The van der Waals surface area contributed by atoms with Crippen LogP contribution in [0.25, 0.3) is 0 Å². The van der Waals surface area contributed by atoms with Crippen molar-refractivity contribution >= 4 is 47.2 Å². The Hall–Kier alpha value is -1.58. The second-order valence-electron chi connectivity index (χ2n) is 6.22. The summed E-state index contributed by atoms with van der Waals surface area (Å²) in [5.41, 5.74) is 7.83. The molecule has 2 aromatic rings. The highest BCUT2D eigenvalue weighted by Crippen LogP contribution is 2.19. The van der Waals surface area contributed by atoms with E-state index in [1.54, 1.807) is 12.1 Å². The summed E-state index contributed by atoms with van der Waals surface area (Å²) in [6, 6.07) is 13.5. The number of hydrogen-bond acceptors (Lipinski definition) is 3. The van der Waals surface area contributed by atoms with Crippen molar-refractivity contribution in [1.29, 1.82) is 0 Å². The maximum absolute atomic E-state index is 12.9. The molecule has 1 aliphatic heterocycles. The van der Waals surface area contributed by atoms with Gasteiger partial charge in [0, 0.05) is 36.9 Å². The first-order valence-electron chi connectivity index (χ1n) is 8.52. The number of benzene rings is 2. The number of hydrogen-bond donors (Lipinski definition) is 2. The summed E-state index contributed by atoms with van der Waals surface area (Å²) < 4.78 is 12.9. The molecule has 1 heterocycles. The molecule has 3 rings (SSSR count). The van der Waals surface area contributed by atoms with Gasteiger partial charge in [0.15, 0.2) is 5.96 Å². The van der Waals surface area contributed by atoms with Crippen LogP contribution in [0.4, 0.5) is 10.1 Å². The Kier molecular flexibility index (Phi) is 8.12. The molecule has 1 fully saturated rings. The van der Waals surface area contributed by atoms with E-state index in [-0.39, 0.29) is 36.3 Å². The van der Waals surface area contributed by atoms with Crippen molar-refractivity contribution in [3.05, 3.63) is 64.9 Å². The first-order valence-corrected chi connectivity index (χ1v) is 8.89. The average molecular weight is 505 g/mol. The Morgan fingerprint density at radius 1 is 1.07 bits per heavy atom. The van der Waals surface area contributed by atoms with Crippen LogP contribution in [-0.2, 0) is 0 Å². The number of guanidine groups is 1. The number of aliphatic hydroxyl groups excluding tert-OH is 1. The second-order valence-corrected chi connectivity index (χ2v) is 6.65. The number of aliphatic imine (C=N–C) groups is 1. The van der Waals surface area contributed by atoms with Crippen molar-refractivity contribution in [3.8, 4) is 0 Å². The maximum atomic E-state index is 12.9. The molecule has 0 aromatic heterocycles. The summed E-state index contributed by atoms with van der Waals surface area (Å²) in [6.07, 6.45) is -0.801. The molecule has 8 heteroatoms. The van der Waals surface area contributed by atoms with Crippen LogP contribution < -0.4 is 10.6 Å². The summed E-state index contributed by atoms with van der Waals surface area (Å²) in [4.78, 5) is 8.57. The summed E-state index contributed by atoms with van der Waals surface area (Å²) in [5.74, 6) is 0.0874. The van der Waals surface area contributed by atoms with Gasteiger partial charge in [0.05, 0.1) is 12.6 Å². The van der Waals surface area contributed by atoms with Crippen molar-refractivity contribution in [2.75, 3.05) is 37.6 Å². The Balaban J connectivity index is 0.00000261. The Morgan fingerprint density at radius 2 is 1.67 bits per heavy atom. The minimum absolute atomic E-state index is 0. The molecule has 1 unspecified atom stereocenters. The number of rotatable bonds is 4. The number of halogens is 3. The normalized spacial score (nSPS) is 16.0. The molecule has 3 N–H and O–H groups in total. The summed E-state index contributed by atoms with van der Waals surface area (Å²) >= 11 is 5.93. The van der Waals surface area contributed by atoms with Gasteiger partial charge in [0.2, 0.25) is 0 Å². The highest BCUT2D eigenvalue weighted by atomic mass is 127. The Morgan fingerprint density at radius 3 is 2.26 bits per heavy atom. The zero-order valence-corrected chi connectivity index (χ0v) is 17.8. The van der Waals surface area contributed by atoms with Crippen molar-refractivity contribution in [2.45, 2.75) is 6.10 Å². The fraction of sp³-hybridized carbons (Fsp3) is 0.316. The van der Waals surface area contributed by atoms with Crippen LogP contribution in [0, 0.1) is 5.82 Å². The lowest BCUT2D eigenvalue weighted by atomic mass is 10.1. The van der Waals surface area contributed by atoms with Crippen LogP contribution in [0.3, 0.4) is 0 Å². The van der Waals surface area contributed by atoms with Crippen molar-refractivity contribution in [1.82, 2.24) is 4.90 Å². The fourth-order valence-electron chi connectivity index (χ4n) is 2.92. The topological polar surface area (TPSA) is 65.1 Å². The van der Waals surface area contributed by atoms with Crippen LogP contribution in [0.15, 0.2) is 53.5 Å². The van der Waals surface area contributed by atoms with Gasteiger partial charge in [-0.25, -0.2) is 4.39 Å². The summed E-state index contributed by atoms with van der Waals surface area (Å²) in [7, 11) is 0. The lowest BCUT2D eigenvalue weighted by Crippen LogP contribution is -2.51. The molecule has 2 aromatic carbocycles. The van der Waals surface area contributed by atoms with E-state index in [0.29, 0.717) is 11.5 Å². The van der Waals surface area contributed by atoms with Gasteiger partial charge in [-0.2, -0.15) is 0 Å². The molecule has 27 heavy (non-hydrogen) atoms. The molecule has 0 bridgehead atoms. The molecule has 0 amide bonds. The predicted molar refractivity (Wildman–Crippen MR) is 119 cm³/mol. The molecule has 5 nitrogen and oxygen atoms in total. The maximum Gasteiger partial charge on any atom is 0.191 e. The monoisotopic (exact) mass is 504 g/mol. The van der Waals surface area contributed by atoms with Crippen molar-refractivity contribution in [2.24, 2.45) is 10.7 Å². The highest BCUT2D eigenvalue weighted by Gasteiger charge is 2.19. The first kappa shape index (κ1) is 21.7. The lowest BCUT2D eigenvalue weighted by Gasteiger charge is -2.36. The van der Waals surface area contributed by atoms with Gasteiger partial charge < -0.3 is 20.6 Å². The standard InChI is InChI=1S/C19H22ClFN4O.HI/c20-15-3-7-17(8-4-15)24-9-11-25(12-10-24)19(22)23-13-18(26)14-1-5-16(21)6-2-14;/h1-8,18,26H,9-13H2,(H2,22,23);1H. The zero-order valence-electron chi connectivity index (χ0n) is 14.8. The minimum Gasteiger partial charge on any atom is -0.386 e. The number of aliphatic hydroxyl groups is 1. The van der Waals surface area contributed by atoms with E-state index in [2.05, 4.69) is 9.89 Å². The van der Waals surface area contributed by atoms with E-state index in [1.165, 1.54) is 12.1 Å². The molecular weight excluding hydrogens is 482 g/mol. The van der Waals surface area contributed by atoms with Gasteiger partial charge in [-0.15, -0.1) is 24.0 Å². The number of anilines is 1. The Bertz CT molecular complexity index is 749. The van der Waals surface area contributed by atoms with Crippen LogP contribution >= 0.6 is 35.6 Å². The molecule has 1 atom stereocenters. The highest BCUT2D eigenvalue weighted by molar-refractivity contribution is 14.0. The number of nitrogens with zero attached hydrogens (tertiary/aromatic N) is 3. The number of nitrogens with two attached hydrogens (primary N) is 1. The third-order valence-electron chi connectivity index (χ3n) is 4.48. The third-order valence-corrected chi connectivity index (χ3v) is 4.73. The quantitative estimate of drug-likeness (QED) is 0.381. The van der Waals surface area contributed by atoms with Crippen LogP contribution in [0.5, 0.6) is 0 Å². The summed E-state index contributed by atoms with van der Waals surface area (Å²) in [5, 5.41) is 10.9. The number of piperazine rings is 1. The van der Waals surface area contributed by atoms with E-state index < -0.39 is 6.10 Å². The summed E-state index contributed by atoms with van der Waals surface area (Å²) in [6.45, 7) is 3.32. The SMILES string of the molecule is I.NC(=NCC(O)c1ccc(F)cc1)N1CCN(c2ccc(Cl)cc2)CC1. The average Bonchev–Trinajstić information content (AvgIpc) is 2.67. The molecule has 0 radical (unpaired) electrons. The molecule has 146 valence electrons. The van der Waals surface area contributed by atoms with E-state index in [1.807, 2.05) is 29.2 Å². The first-order chi connectivity index (χ1) is 12.5. The minimum atomic E-state index is -0.801. The fourth-order valence-corrected chi connectivity index (χ4v) is 3.04. The molecule has 1 saturated heterocycles. The van der Waals surface area contributed by atoms with Gasteiger partial charge in [0.1, 0.15) is 5.82 Å². The molecule has 0 aliphatic carbocycles. The van der Waals surface area contributed by atoms with Crippen LogP contribution in [-0.4, -0.2) is 48.7 Å². The third kappa shape index (κ3) is 5.95. The zero-order chi connectivity index (χ0) is 18.5. The van der Waals surface area contributed by atoms with Gasteiger partial charge in [-0.05, 0) is 42.0 Å². The van der Waals surface area contributed by atoms with Gasteiger partial charge in [0.25, 0.3) is 0 Å². The van der Waals surface area contributed by atoms with E-state index in [4.69, 9.17) is 17.3 Å². The predicted octanol–water partition coefficient (Wildman–Crippen LogP) is 3.27. The van der Waals surface area contributed by atoms with Crippen molar-refractivity contribution < 1.29 is 9.50 Å². The molecule has 1 aliphatic rings. The Labute approximate surface area is 180 Å². The van der Waals surface area contributed by atoms with Crippen LogP contribution in [0.2, 0.25) is 5.02 Å². The largest absolute Gasteiger partial charge is 0.386 e. The van der Waals surface area contributed by atoms with Gasteiger partial charge >= 0.3 is 0 Å². The smallest absolute Gasteiger partial charge is 0.191 e. The van der Waals surface area contributed by atoms with E-state index in [0.717, 1.165) is 36.9 Å². The molecule has 0 spiro atoms. The molecule has 0 saturated carbocycles. The van der Waals surface area contributed by atoms with Crippen molar-refractivity contribution in [3.63, 3.8) is 0 Å². The second kappa shape index (κ2) is 10.1. The molecular formula is C19H23ClFIN4O. The van der Waals surface area contributed by atoms with E-state index in [9.17, 15) is 9.50 Å². The van der Waals surface area contributed by atoms with Gasteiger partial charge in [-0.1, -0.05) is 23.7 Å². The van der Waals surface area contributed by atoms with Crippen LogP contribution in [0.1, 0.15) is 11.7 Å².